The van der Waals surface area contributed by atoms with Crippen LogP contribution in [0.5, 0.6) is 5.75 Å². The van der Waals surface area contributed by atoms with Crippen molar-refractivity contribution in [1.82, 2.24) is 0 Å². The SMILES string of the molecule is O=C(O)c1ccc(CN(C(=O)Oc2ccc([N+](=O)[O-])cc2)c2cccc(Br)c2)cc1. The van der Waals surface area contributed by atoms with E-state index in [0.29, 0.717) is 11.3 Å². The molecule has 30 heavy (non-hydrogen) atoms. The van der Waals surface area contributed by atoms with Crippen molar-refractivity contribution in [3.05, 3.63) is 98.5 Å². The first kappa shape index (κ1) is 21.0. The number of hydrogen-bond acceptors (Lipinski definition) is 5. The number of rotatable bonds is 6. The lowest BCUT2D eigenvalue weighted by molar-refractivity contribution is -0.384. The van der Waals surface area contributed by atoms with E-state index in [2.05, 4.69) is 15.9 Å². The predicted molar refractivity (Wildman–Crippen MR) is 113 cm³/mol. The van der Waals surface area contributed by atoms with E-state index in [1.165, 1.54) is 41.3 Å². The number of aromatic carboxylic acids is 1. The molecule has 0 aliphatic carbocycles. The van der Waals surface area contributed by atoms with Gasteiger partial charge in [-0.2, -0.15) is 0 Å². The average molecular weight is 471 g/mol. The van der Waals surface area contributed by atoms with Crippen molar-refractivity contribution >= 4 is 39.4 Å². The number of ether oxygens (including phenoxy) is 1. The van der Waals surface area contributed by atoms with E-state index in [0.717, 1.165) is 4.47 Å². The van der Waals surface area contributed by atoms with Crippen molar-refractivity contribution in [2.75, 3.05) is 4.90 Å². The predicted octanol–water partition coefficient (Wildman–Crippen LogP) is 5.26. The fraction of sp³-hybridized carbons (Fsp3) is 0.0476. The molecule has 0 spiro atoms. The summed E-state index contributed by atoms with van der Waals surface area (Å²) < 4.78 is 6.15. The molecule has 0 aliphatic rings. The van der Waals surface area contributed by atoms with Gasteiger partial charge in [0.2, 0.25) is 0 Å². The van der Waals surface area contributed by atoms with Gasteiger partial charge in [0.15, 0.2) is 0 Å². The second-order valence-corrected chi connectivity index (χ2v) is 7.10. The summed E-state index contributed by atoms with van der Waals surface area (Å²) in [4.78, 5) is 35.5. The lowest BCUT2D eigenvalue weighted by Crippen LogP contribution is -2.33. The Balaban J connectivity index is 1.85. The second-order valence-electron chi connectivity index (χ2n) is 6.19. The molecule has 8 nitrogen and oxygen atoms in total. The van der Waals surface area contributed by atoms with Crippen LogP contribution < -0.4 is 9.64 Å². The number of carbonyl (C=O) groups excluding carboxylic acids is 1. The number of amides is 1. The van der Waals surface area contributed by atoms with Crippen LogP contribution in [-0.2, 0) is 6.54 Å². The zero-order valence-corrected chi connectivity index (χ0v) is 17.0. The maximum atomic E-state index is 12.9. The highest BCUT2D eigenvalue weighted by atomic mass is 79.9. The van der Waals surface area contributed by atoms with Crippen LogP contribution in [0.1, 0.15) is 15.9 Å². The minimum atomic E-state index is -1.04. The summed E-state index contributed by atoms with van der Waals surface area (Å²) in [5.41, 5.74) is 1.28. The first-order chi connectivity index (χ1) is 14.3. The van der Waals surface area contributed by atoms with Gasteiger partial charge in [-0.15, -0.1) is 0 Å². The fourth-order valence-corrected chi connectivity index (χ4v) is 3.02. The lowest BCUT2D eigenvalue weighted by atomic mass is 10.1. The van der Waals surface area contributed by atoms with Crippen molar-refractivity contribution in [2.45, 2.75) is 6.54 Å². The Kier molecular flexibility index (Phi) is 6.43. The van der Waals surface area contributed by atoms with E-state index in [-0.39, 0.29) is 23.5 Å². The van der Waals surface area contributed by atoms with Gasteiger partial charge in [0.05, 0.1) is 17.0 Å². The van der Waals surface area contributed by atoms with Crippen LogP contribution in [0.3, 0.4) is 0 Å². The zero-order chi connectivity index (χ0) is 21.7. The zero-order valence-electron chi connectivity index (χ0n) is 15.4. The third-order valence-corrected chi connectivity index (χ3v) is 4.63. The summed E-state index contributed by atoms with van der Waals surface area (Å²) in [6.07, 6.45) is -0.690. The molecule has 3 aromatic carbocycles. The molecule has 0 bridgehead atoms. The van der Waals surface area contributed by atoms with Crippen LogP contribution >= 0.6 is 15.9 Å². The van der Waals surface area contributed by atoms with E-state index < -0.39 is 17.0 Å². The molecular weight excluding hydrogens is 456 g/mol. The van der Waals surface area contributed by atoms with Gasteiger partial charge >= 0.3 is 12.1 Å². The topological polar surface area (TPSA) is 110 Å². The number of carboxylic acid groups (broad SMARTS) is 1. The number of nitro benzene ring substituents is 1. The summed E-state index contributed by atoms with van der Waals surface area (Å²) in [7, 11) is 0. The largest absolute Gasteiger partial charge is 0.478 e. The van der Waals surface area contributed by atoms with Crippen LogP contribution in [0.25, 0.3) is 0 Å². The van der Waals surface area contributed by atoms with Crippen molar-refractivity contribution < 1.29 is 24.4 Å². The highest BCUT2D eigenvalue weighted by Gasteiger charge is 2.20. The minimum Gasteiger partial charge on any atom is -0.478 e. The number of carbonyl (C=O) groups is 2. The molecule has 0 fully saturated rings. The van der Waals surface area contributed by atoms with Crippen LogP contribution in [-0.4, -0.2) is 22.1 Å². The number of nitrogens with zero attached hydrogens (tertiary/aromatic N) is 2. The second kappa shape index (κ2) is 9.19. The highest BCUT2D eigenvalue weighted by Crippen LogP contribution is 2.24. The Morgan fingerprint density at radius 1 is 1.03 bits per heavy atom. The third-order valence-electron chi connectivity index (χ3n) is 4.13. The smallest absolute Gasteiger partial charge is 0.420 e. The van der Waals surface area contributed by atoms with Crippen molar-refractivity contribution in [1.29, 1.82) is 0 Å². The Morgan fingerprint density at radius 3 is 2.27 bits per heavy atom. The molecule has 3 rings (SSSR count). The van der Waals surface area contributed by atoms with Crippen LogP contribution in [0, 0.1) is 10.1 Å². The van der Waals surface area contributed by atoms with Gasteiger partial charge in [-0.25, -0.2) is 9.59 Å². The fourth-order valence-electron chi connectivity index (χ4n) is 2.63. The molecule has 0 unspecified atom stereocenters. The number of anilines is 1. The number of nitro groups is 1. The van der Waals surface area contributed by atoms with Crippen LogP contribution in [0.15, 0.2) is 77.3 Å². The minimum absolute atomic E-state index is 0.114. The summed E-state index contributed by atoms with van der Waals surface area (Å²) in [5.74, 6) is -0.880. The molecule has 152 valence electrons. The maximum Gasteiger partial charge on any atom is 0.420 e. The number of benzene rings is 3. The van der Waals surface area contributed by atoms with Gasteiger partial charge in [-0.05, 0) is 48.0 Å². The summed E-state index contributed by atoms with van der Waals surface area (Å²) >= 11 is 3.37. The van der Waals surface area contributed by atoms with E-state index in [1.807, 2.05) is 6.07 Å². The molecule has 1 amide bonds. The van der Waals surface area contributed by atoms with Gasteiger partial charge in [0, 0.05) is 22.3 Å². The van der Waals surface area contributed by atoms with Crippen molar-refractivity contribution in [3.63, 3.8) is 0 Å². The van der Waals surface area contributed by atoms with Gasteiger partial charge in [0.1, 0.15) is 5.75 Å². The van der Waals surface area contributed by atoms with Crippen molar-refractivity contribution in [3.8, 4) is 5.75 Å². The van der Waals surface area contributed by atoms with Gasteiger partial charge in [-0.1, -0.05) is 34.1 Å². The normalized spacial score (nSPS) is 10.3. The first-order valence-electron chi connectivity index (χ1n) is 8.65. The molecule has 0 saturated heterocycles. The molecule has 0 atom stereocenters. The number of hydrogen-bond donors (Lipinski definition) is 1. The van der Waals surface area contributed by atoms with E-state index in [1.54, 1.807) is 30.3 Å². The molecule has 3 aromatic rings. The number of non-ortho nitro benzene ring substituents is 1. The average Bonchev–Trinajstić information content (AvgIpc) is 2.72. The molecule has 0 saturated carbocycles. The Hall–Kier alpha value is -3.72. The standard InChI is InChI=1S/C21H15BrN2O6/c22-16-2-1-3-18(12-16)23(13-14-4-6-15(7-5-14)20(25)26)21(27)30-19-10-8-17(9-11-19)24(28)29/h1-12H,13H2,(H,25,26). The first-order valence-corrected chi connectivity index (χ1v) is 9.44. The number of carboxylic acids is 1. The van der Waals surface area contributed by atoms with Gasteiger partial charge in [0.25, 0.3) is 5.69 Å². The highest BCUT2D eigenvalue weighted by molar-refractivity contribution is 9.10. The molecule has 9 heteroatoms. The third kappa shape index (κ3) is 5.21. The molecular formula is C21H15BrN2O6. The molecule has 0 aliphatic heterocycles. The molecule has 1 N–H and O–H groups in total. The van der Waals surface area contributed by atoms with Crippen LogP contribution in [0.2, 0.25) is 0 Å². The van der Waals surface area contributed by atoms with Crippen LogP contribution in [0.4, 0.5) is 16.2 Å². The Labute approximate surface area is 179 Å². The quantitative estimate of drug-likeness (QED) is 0.388. The maximum absolute atomic E-state index is 12.9. The summed E-state index contributed by atoms with van der Waals surface area (Å²) in [6, 6.07) is 18.4. The van der Waals surface area contributed by atoms with E-state index in [9.17, 15) is 19.7 Å². The Bertz CT molecular complexity index is 1080. The summed E-state index contributed by atoms with van der Waals surface area (Å²) in [6.45, 7) is 0.127. The Morgan fingerprint density at radius 2 is 1.70 bits per heavy atom. The molecule has 0 heterocycles. The van der Waals surface area contributed by atoms with E-state index >= 15 is 0 Å². The summed E-state index contributed by atoms with van der Waals surface area (Å²) in [5, 5.41) is 19.8. The van der Waals surface area contributed by atoms with Crippen molar-refractivity contribution in [2.24, 2.45) is 0 Å². The van der Waals surface area contributed by atoms with E-state index in [4.69, 9.17) is 9.84 Å². The lowest BCUT2D eigenvalue weighted by Gasteiger charge is -2.22. The number of halogens is 1. The van der Waals surface area contributed by atoms with Gasteiger partial charge < -0.3 is 9.84 Å². The monoisotopic (exact) mass is 470 g/mol. The molecule has 0 radical (unpaired) electrons. The van der Waals surface area contributed by atoms with Gasteiger partial charge in [-0.3, -0.25) is 15.0 Å². The molecule has 0 aromatic heterocycles.